The van der Waals surface area contributed by atoms with Crippen LogP contribution in [0.2, 0.25) is 0 Å². The highest BCUT2D eigenvalue weighted by molar-refractivity contribution is 5.70. The molecule has 0 aliphatic rings. The first-order chi connectivity index (χ1) is 10.6. The molecule has 2 heterocycles. The van der Waals surface area contributed by atoms with Crippen LogP contribution in [0.5, 0.6) is 0 Å². The van der Waals surface area contributed by atoms with Gasteiger partial charge in [-0.05, 0) is 24.6 Å². The number of carboxylic acid groups (broad SMARTS) is 1. The zero-order valence-electron chi connectivity index (χ0n) is 12.1. The van der Waals surface area contributed by atoms with Gasteiger partial charge < -0.3 is 10.1 Å². The van der Waals surface area contributed by atoms with Crippen LogP contribution < -0.4 is 0 Å². The summed E-state index contributed by atoms with van der Waals surface area (Å²) in [5.41, 5.74) is 2.33. The average Bonchev–Trinajstić information content (AvgIpc) is 2.97. The summed E-state index contributed by atoms with van der Waals surface area (Å²) < 4.78 is 0. The quantitative estimate of drug-likeness (QED) is 0.774. The normalized spacial score (nSPS) is 12.2. The second-order valence-electron chi connectivity index (χ2n) is 5.07. The van der Waals surface area contributed by atoms with Crippen molar-refractivity contribution >= 4 is 17.3 Å². The van der Waals surface area contributed by atoms with Crippen molar-refractivity contribution in [3.05, 3.63) is 60.0 Å². The molecule has 0 saturated heterocycles. The van der Waals surface area contributed by atoms with Crippen molar-refractivity contribution in [2.75, 3.05) is 0 Å². The number of carbonyl (C=O) groups is 1. The summed E-state index contributed by atoms with van der Waals surface area (Å²) in [4.78, 5) is 24.6. The van der Waals surface area contributed by atoms with E-state index in [-0.39, 0.29) is 0 Å². The van der Waals surface area contributed by atoms with E-state index in [1.807, 2.05) is 49.4 Å². The maximum absolute atomic E-state index is 11.6. The minimum Gasteiger partial charge on any atom is -0.465 e. The molecule has 3 aromatic rings. The van der Waals surface area contributed by atoms with Crippen LogP contribution in [0.15, 0.2) is 48.7 Å². The van der Waals surface area contributed by atoms with Crippen LogP contribution in [-0.2, 0) is 6.54 Å². The highest BCUT2D eigenvalue weighted by Gasteiger charge is 2.23. The predicted octanol–water partition coefficient (Wildman–Crippen LogP) is 3.20. The van der Waals surface area contributed by atoms with Crippen LogP contribution in [0.25, 0.3) is 11.2 Å². The first-order valence-corrected chi connectivity index (χ1v) is 6.99. The zero-order valence-corrected chi connectivity index (χ0v) is 12.1. The number of amides is 1. The number of fused-ring (bicyclic) bond motifs is 1. The van der Waals surface area contributed by atoms with E-state index in [1.165, 1.54) is 4.90 Å². The summed E-state index contributed by atoms with van der Waals surface area (Å²) >= 11 is 0. The number of aromatic amines is 1. The SMILES string of the molecule is CC(c1nc2ncccc2[nH]1)N(Cc1ccccc1)C(=O)O. The van der Waals surface area contributed by atoms with E-state index in [9.17, 15) is 9.90 Å². The molecule has 22 heavy (non-hydrogen) atoms. The van der Waals surface area contributed by atoms with Gasteiger partial charge in [0, 0.05) is 12.7 Å². The van der Waals surface area contributed by atoms with E-state index in [1.54, 1.807) is 6.20 Å². The second-order valence-corrected chi connectivity index (χ2v) is 5.07. The Morgan fingerprint density at radius 3 is 2.73 bits per heavy atom. The van der Waals surface area contributed by atoms with Crippen molar-refractivity contribution in [2.24, 2.45) is 0 Å². The Balaban J connectivity index is 1.89. The maximum atomic E-state index is 11.6. The molecule has 2 aromatic heterocycles. The molecular formula is C16H16N4O2. The number of aromatic nitrogens is 3. The van der Waals surface area contributed by atoms with E-state index in [0.717, 1.165) is 11.1 Å². The van der Waals surface area contributed by atoms with Crippen LogP contribution >= 0.6 is 0 Å². The van der Waals surface area contributed by atoms with Crippen molar-refractivity contribution in [1.82, 2.24) is 19.9 Å². The Kier molecular flexibility index (Phi) is 3.74. The van der Waals surface area contributed by atoms with Gasteiger partial charge in [-0.15, -0.1) is 0 Å². The molecule has 1 aromatic carbocycles. The molecule has 2 N–H and O–H groups in total. The van der Waals surface area contributed by atoms with Crippen LogP contribution in [0.3, 0.4) is 0 Å². The molecule has 0 spiro atoms. The van der Waals surface area contributed by atoms with E-state index < -0.39 is 12.1 Å². The standard InChI is InChI=1S/C16H16N4O2/c1-11(14-18-13-8-5-9-17-15(13)19-14)20(16(21)22)10-12-6-3-2-4-7-12/h2-9,11H,10H2,1H3,(H,21,22)(H,17,18,19). The third-order valence-corrected chi connectivity index (χ3v) is 3.58. The minimum absolute atomic E-state index is 0.307. The molecule has 112 valence electrons. The summed E-state index contributed by atoms with van der Waals surface area (Å²) in [5, 5.41) is 9.51. The van der Waals surface area contributed by atoms with Gasteiger partial charge in [-0.25, -0.2) is 14.8 Å². The van der Waals surface area contributed by atoms with Gasteiger partial charge in [-0.3, -0.25) is 4.90 Å². The fourth-order valence-corrected chi connectivity index (χ4v) is 2.36. The highest BCUT2D eigenvalue weighted by Crippen LogP contribution is 2.22. The zero-order chi connectivity index (χ0) is 15.5. The molecule has 0 saturated carbocycles. The Hall–Kier alpha value is -2.89. The molecule has 0 radical (unpaired) electrons. The van der Waals surface area contributed by atoms with Gasteiger partial charge in [0.05, 0.1) is 11.6 Å². The van der Waals surface area contributed by atoms with Crippen molar-refractivity contribution in [1.29, 1.82) is 0 Å². The highest BCUT2D eigenvalue weighted by atomic mass is 16.4. The summed E-state index contributed by atoms with van der Waals surface area (Å²) in [6.07, 6.45) is 0.682. The summed E-state index contributed by atoms with van der Waals surface area (Å²) in [7, 11) is 0. The molecule has 0 fully saturated rings. The molecule has 0 aliphatic carbocycles. The van der Waals surface area contributed by atoms with Crippen molar-refractivity contribution in [3.63, 3.8) is 0 Å². The maximum Gasteiger partial charge on any atom is 0.408 e. The number of nitrogens with zero attached hydrogens (tertiary/aromatic N) is 3. The number of pyridine rings is 1. The van der Waals surface area contributed by atoms with Gasteiger partial charge in [-0.1, -0.05) is 30.3 Å². The Bertz CT molecular complexity index is 752. The van der Waals surface area contributed by atoms with E-state index in [4.69, 9.17) is 0 Å². The Labute approximate surface area is 127 Å². The van der Waals surface area contributed by atoms with Gasteiger partial charge >= 0.3 is 6.09 Å². The number of hydrogen-bond acceptors (Lipinski definition) is 3. The lowest BCUT2D eigenvalue weighted by Gasteiger charge is -2.25. The molecule has 3 rings (SSSR count). The fraction of sp³-hybridized carbons (Fsp3) is 0.188. The number of nitrogens with one attached hydrogen (secondary N) is 1. The Morgan fingerprint density at radius 2 is 2.05 bits per heavy atom. The molecule has 1 unspecified atom stereocenters. The topological polar surface area (TPSA) is 82.1 Å². The van der Waals surface area contributed by atoms with E-state index in [2.05, 4.69) is 15.0 Å². The summed E-state index contributed by atoms with van der Waals surface area (Å²) in [6, 6.07) is 12.8. The first-order valence-electron chi connectivity index (χ1n) is 6.99. The second kappa shape index (κ2) is 5.85. The van der Waals surface area contributed by atoms with Crippen molar-refractivity contribution in [2.45, 2.75) is 19.5 Å². The van der Waals surface area contributed by atoms with Gasteiger partial charge in [0.25, 0.3) is 0 Å². The number of rotatable bonds is 4. The fourth-order valence-electron chi connectivity index (χ4n) is 2.36. The van der Waals surface area contributed by atoms with Crippen LogP contribution in [0.1, 0.15) is 24.4 Å². The average molecular weight is 296 g/mol. The van der Waals surface area contributed by atoms with Crippen molar-refractivity contribution in [3.8, 4) is 0 Å². The van der Waals surface area contributed by atoms with Gasteiger partial charge in [0.15, 0.2) is 5.65 Å². The third-order valence-electron chi connectivity index (χ3n) is 3.58. The monoisotopic (exact) mass is 296 g/mol. The van der Waals surface area contributed by atoms with E-state index in [0.29, 0.717) is 18.0 Å². The molecule has 1 atom stereocenters. The Morgan fingerprint density at radius 1 is 1.27 bits per heavy atom. The van der Waals surface area contributed by atoms with Gasteiger partial charge in [0.1, 0.15) is 5.82 Å². The largest absolute Gasteiger partial charge is 0.465 e. The molecule has 0 bridgehead atoms. The van der Waals surface area contributed by atoms with Gasteiger partial charge in [-0.2, -0.15) is 0 Å². The van der Waals surface area contributed by atoms with Crippen LogP contribution in [0.4, 0.5) is 4.79 Å². The number of hydrogen-bond donors (Lipinski definition) is 2. The van der Waals surface area contributed by atoms with E-state index >= 15 is 0 Å². The lowest BCUT2D eigenvalue weighted by atomic mass is 10.2. The molecule has 1 amide bonds. The number of benzene rings is 1. The molecular weight excluding hydrogens is 280 g/mol. The minimum atomic E-state index is -0.982. The van der Waals surface area contributed by atoms with Crippen LogP contribution in [-0.4, -0.2) is 31.1 Å². The van der Waals surface area contributed by atoms with Crippen molar-refractivity contribution < 1.29 is 9.90 Å². The third kappa shape index (κ3) is 2.76. The number of H-pyrrole nitrogens is 1. The molecule has 0 aliphatic heterocycles. The summed E-state index contributed by atoms with van der Waals surface area (Å²) in [6.45, 7) is 2.12. The number of imidazole rings is 1. The predicted molar refractivity (Wildman–Crippen MR) is 82.3 cm³/mol. The van der Waals surface area contributed by atoms with Crippen LogP contribution in [0, 0.1) is 0 Å². The molecule has 6 heteroatoms. The molecule has 6 nitrogen and oxygen atoms in total. The first kappa shape index (κ1) is 14.1. The smallest absolute Gasteiger partial charge is 0.408 e. The van der Waals surface area contributed by atoms with Gasteiger partial charge in [0.2, 0.25) is 0 Å². The lowest BCUT2D eigenvalue weighted by Crippen LogP contribution is -2.32. The summed E-state index contributed by atoms with van der Waals surface area (Å²) in [5.74, 6) is 0.590. The lowest BCUT2D eigenvalue weighted by molar-refractivity contribution is 0.122.